The van der Waals surface area contributed by atoms with Gasteiger partial charge in [0.2, 0.25) is 0 Å². The number of hydrogen-bond acceptors (Lipinski definition) is 4. The Bertz CT molecular complexity index is 625. The van der Waals surface area contributed by atoms with Crippen LogP contribution in [0.3, 0.4) is 0 Å². The molecule has 1 unspecified atom stereocenters. The molecule has 0 saturated carbocycles. The van der Waals surface area contributed by atoms with Gasteiger partial charge in [0.15, 0.2) is 5.13 Å². The lowest BCUT2D eigenvalue weighted by atomic mass is 10.1. The van der Waals surface area contributed by atoms with Crippen LogP contribution in [0, 0.1) is 6.92 Å². The van der Waals surface area contributed by atoms with E-state index in [4.69, 9.17) is 0 Å². The van der Waals surface area contributed by atoms with Crippen molar-refractivity contribution in [3.63, 3.8) is 0 Å². The first-order chi connectivity index (χ1) is 10.1. The number of anilines is 1. The number of thiazole rings is 1. The Balaban J connectivity index is 1.69. The molecule has 4 nitrogen and oxygen atoms in total. The van der Waals surface area contributed by atoms with Crippen LogP contribution >= 0.6 is 11.3 Å². The summed E-state index contributed by atoms with van der Waals surface area (Å²) in [6.07, 6.45) is 0. The summed E-state index contributed by atoms with van der Waals surface area (Å²) in [6, 6.07) is 9.79. The summed E-state index contributed by atoms with van der Waals surface area (Å²) in [6.45, 7) is 6.50. The van der Waals surface area contributed by atoms with Crippen molar-refractivity contribution in [1.29, 1.82) is 0 Å². The number of carbonyl (C=O) groups excluding carboxylic acids is 1. The molecule has 21 heavy (non-hydrogen) atoms. The van der Waals surface area contributed by atoms with Gasteiger partial charge >= 0.3 is 0 Å². The zero-order valence-corrected chi connectivity index (χ0v) is 13.1. The van der Waals surface area contributed by atoms with Gasteiger partial charge in [-0.05, 0) is 26.0 Å². The van der Waals surface area contributed by atoms with Crippen molar-refractivity contribution in [2.24, 2.45) is 0 Å². The maximum atomic E-state index is 12.5. The van der Waals surface area contributed by atoms with Crippen molar-refractivity contribution in [3.05, 3.63) is 47.0 Å². The number of aromatic nitrogens is 1. The number of carbonyl (C=O) groups is 1. The second-order valence-electron chi connectivity index (χ2n) is 5.43. The molecule has 1 aliphatic rings. The topological polar surface area (TPSA) is 36.4 Å². The summed E-state index contributed by atoms with van der Waals surface area (Å²) in [7, 11) is 0. The van der Waals surface area contributed by atoms with Crippen LogP contribution in [-0.2, 0) is 0 Å². The lowest BCUT2D eigenvalue weighted by molar-refractivity contribution is 0.0726. The van der Waals surface area contributed by atoms with Gasteiger partial charge < -0.3 is 9.80 Å². The number of rotatable bonds is 2. The van der Waals surface area contributed by atoms with Crippen molar-refractivity contribution >= 4 is 22.4 Å². The van der Waals surface area contributed by atoms with E-state index in [9.17, 15) is 4.79 Å². The van der Waals surface area contributed by atoms with E-state index in [0.717, 1.165) is 36.0 Å². The maximum absolute atomic E-state index is 12.5. The molecule has 1 fully saturated rings. The summed E-state index contributed by atoms with van der Waals surface area (Å²) in [5.74, 6) is 0.123. The fourth-order valence-electron chi connectivity index (χ4n) is 2.66. The lowest BCUT2D eigenvalue weighted by Gasteiger charge is -2.39. The molecule has 2 heterocycles. The monoisotopic (exact) mass is 301 g/mol. The molecule has 1 aliphatic heterocycles. The van der Waals surface area contributed by atoms with Gasteiger partial charge in [0.05, 0.1) is 5.69 Å². The smallest absolute Gasteiger partial charge is 0.253 e. The standard InChI is InChI=1S/C16H19N3OS/c1-12-11-21-16(17-12)19-9-8-18(10-13(19)2)15(20)14-6-4-3-5-7-14/h3-7,11,13H,8-10H2,1-2H3. The molecule has 0 radical (unpaired) electrons. The van der Waals surface area contributed by atoms with Crippen LogP contribution in [-0.4, -0.2) is 41.5 Å². The number of amides is 1. The van der Waals surface area contributed by atoms with Gasteiger partial charge in [-0.25, -0.2) is 4.98 Å². The molecule has 5 heteroatoms. The molecule has 1 saturated heterocycles. The van der Waals surface area contributed by atoms with Crippen LogP contribution in [0.2, 0.25) is 0 Å². The summed E-state index contributed by atoms with van der Waals surface area (Å²) >= 11 is 1.68. The number of benzene rings is 1. The second kappa shape index (κ2) is 5.85. The van der Waals surface area contributed by atoms with Crippen LogP contribution < -0.4 is 4.90 Å². The first-order valence-corrected chi connectivity index (χ1v) is 8.06. The Morgan fingerprint density at radius 2 is 2.05 bits per heavy atom. The summed E-state index contributed by atoms with van der Waals surface area (Å²) in [4.78, 5) is 21.3. The molecular formula is C16H19N3OS. The van der Waals surface area contributed by atoms with E-state index in [1.54, 1.807) is 11.3 Å². The largest absolute Gasteiger partial charge is 0.342 e. The number of hydrogen-bond donors (Lipinski definition) is 0. The van der Waals surface area contributed by atoms with Gasteiger partial charge in [0.1, 0.15) is 0 Å². The average molecular weight is 301 g/mol. The fourth-order valence-corrected chi connectivity index (χ4v) is 3.60. The van der Waals surface area contributed by atoms with Crippen LogP contribution in [0.25, 0.3) is 0 Å². The van der Waals surface area contributed by atoms with Crippen molar-refractivity contribution in [2.45, 2.75) is 19.9 Å². The third kappa shape index (κ3) is 2.93. The molecule has 0 bridgehead atoms. The van der Waals surface area contributed by atoms with Gasteiger partial charge in [0, 0.05) is 36.6 Å². The van der Waals surface area contributed by atoms with Crippen LogP contribution in [0.15, 0.2) is 35.7 Å². The molecule has 1 aromatic heterocycles. The highest BCUT2D eigenvalue weighted by Crippen LogP contribution is 2.25. The second-order valence-corrected chi connectivity index (χ2v) is 6.27. The van der Waals surface area contributed by atoms with E-state index in [0.29, 0.717) is 0 Å². The molecule has 3 rings (SSSR count). The van der Waals surface area contributed by atoms with E-state index in [1.807, 2.05) is 42.2 Å². The predicted molar refractivity (Wildman–Crippen MR) is 86.0 cm³/mol. The highest BCUT2D eigenvalue weighted by atomic mass is 32.1. The average Bonchev–Trinajstić information content (AvgIpc) is 2.93. The normalized spacial score (nSPS) is 18.9. The van der Waals surface area contributed by atoms with E-state index < -0.39 is 0 Å². The number of piperazine rings is 1. The maximum Gasteiger partial charge on any atom is 0.253 e. The Kier molecular flexibility index (Phi) is 3.92. The zero-order chi connectivity index (χ0) is 14.8. The highest BCUT2D eigenvalue weighted by molar-refractivity contribution is 7.13. The van der Waals surface area contributed by atoms with Crippen molar-refractivity contribution in [3.8, 4) is 0 Å². The third-order valence-electron chi connectivity index (χ3n) is 3.79. The Hall–Kier alpha value is -1.88. The van der Waals surface area contributed by atoms with E-state index in [2.05, 4.69) is 22.2 Å². The van der Waals surface area contributed by atoms with Crippen molar-refractivity contribution in [2.75, 3.05) is 24.5 Å². The lowest BCUT2D eigenvalue weighted by Crippen LogP contribution is -2.53. The molecule has 1 amide bonds. The SMILES string of the molecule is Cc1csc(N2CCN(C(=O)c3ccccc3)CC2C)n1. The predicted octanol–water partition coefficient (Wildman–Crippen LogP) is 2.80. The summed E-state index contributed by atoms with van der Waals surface area (Å²) < 4.78 is 0. The van der Waals surface area contributed by atoms with E-state index in [-0.39, 0.29) is 11.9 Å². The molecule has 0 aliphatic carbocycles. The van der Waals surface area contributed by atoms with Crippen molar-refractivity contribution in [1.82, 2.24) is 9.88 Å². The molecule has 1 atom stereocenters. The summed E-state index contributed by atoms with van der Waals surface area (Å²) in [5.41, 5.74) is 1.83. The molecule has 1 aromatic carbocycles. The Morgan fingerprint density at radius 1 is 1.29 bits per heavy atom. The Labute approximate surface area is 129 Å². The number of nitrogens with zero attached hydrogens (tertiary/aromatic N) is 3. The minimum Gasteiger partial charge on any atom is -0.342 e. The quantitative estimate of drug-likeness (QED) is 0.856. The third-order valence-corrected chi connectivity index (χ3v) is 4.78. The van der Waals surface area contributed by atoms with E-state index >= 15 is 0 Å². The van der Waals surface area contributed by atoms with Gasteiger partial charge in [0.25, 0.3) is 5.91 Å². The highest BCUT2D eigenvalue weighted by Gasteiger charge is 2.28. The minimum atomic E-state index is 0.123. The molecular weight excluding hydrogens is 282 g/mol. The van der Waals surface area contributed by atoms with Crippen molar-refractivity contribution < 1.29 is 4.79 Å². The first kappa shape index (κ1) is 14.1. The minimum absolute atomic E-state index is 0.123. The van der Waals surface area contributed by atoms with Gasteiger partial charge in [-0.1, -0.05) is 18.2 Å². The zero-order valence-electron chi connectivity index (χ0n) is 12.3. The van der Waals surface area contributed by atoms with Crippen LogP contribution in [0.4, 0.5) is 5.13 Å². The van der Waals surface area contributed by atoms with E-state index in [1.165, 1.54) is 0 Å². The fraction of sp³-hybridized carbons (Fsp3) is 0.375. The van der Waals surface area contributed by atoms with Crippen LogP contribution in [0.1, 0.15) is 23.0 Å². The van der Waals surface area contributed by atoms with Gasteiger partial charge in [-0.15, -0.1) is 11.3 Å². The van der Waals surface area contributed by atoms with Gasteiger partial charge in [-0.3, -0.25) is 4.79 Å². The first-order valence-electron chi connectivity index (χ1n) is 7.18. The molecule has 0 N–H and O–H groups in total. The molecule has 110 valence electrons. The van der Waals surface area contributed by atoms with Crippen LogP contribution in [0.5, 0.6) is 0 Å². The van der Waals surface area contributed by atoms with Gasteiger partial charge in [-0.2, -0.15) is 0 Å². The Morgan fingerprint density at radius 3 is 2.67 bits per heavy atom. The number of aryl methyl sites for hydroxylation is 1. The summed E-state index contributed by atoms with van der Waals surface area (Å²) in [5, 5.41) is 3.13. The molecule has 2 aromatic rings. The molecule has 0 spiro atoms.